The average molecular weight is 311 g/mol. The molecule has 0 aromatic carbocycles. The van der Waals surface area contributed by atoms with Gasteiger partial charge >= 0.3 is 0 Å². The maximum atomic E-state index is 6.06. The first-order valence-electron chi connectivity index (χ1n) is 8.07. The third kappa shape index (κ3) is 4.07. The summed E-state index contributed by atoms with van der Waals surface area (Å²) in [5.41, 5.74) is 0.229. The van der Waals surface area contributed by atoms with Crippen LogP contribution in [0.2, 0.25) is 0 Å². The van der Waals surface area contributed by atoms with Gasteiger partial charge in [0, 0.05) is 22.8 Å². The number of hydrogen-bond donors (Lipinski definition) is 1. The highest BCUT2D eigenvalue weighted by Crippen LogP contribution is 2.37. The molecule has 1 N–H and O–H groups in total. The quantitative estimate of drug-likeness (QED) is 0.902. The molecular formula is C17H30N2OS. The molecule has 4 heteroatoms. The molecule has 3 nitrogen and oxygen atoms in total. The van der Waals surface area contributed by atoms with Gasteiger partial charge in [0.2, 0.25) is 0 Å². The molecule has 0 radical (unpaired) electrons. The maximum Gasteiger partial charge on any atom is 0.0904 e. The van der Waals surface area contributed by atoms with Gasteiger partial charge in [-0.2, -0.15) is 0 Å². The Morgan fingerprint density at radius 2 is 2.14 bits per heavy atom. The number of ether oxygens (including phenoxy) is 1. The van der Waals surface area contributed by atoms with Gasteiger partial charge in [-0.05, 0) is 37.6 Å². The van der Waals surface area contributed by atoms with Crippen molar-refractivity contribution in [3.63, 3.8) is 0 Å². The van der Waals surface area contributed by atoms with Crippen molar-refractivity contribution in [3.05, 3.63) is 21.9 Å². The lowest BCUT2D eigenvalue weighted by Gasteiger charge is -2.40. The van der Waals surface area contributed by atoms with E-state index >= 15 is 0 Å². The smallest absolute Gasteiger partial charge is 0.0904 e. The van der Waals surface area contributed by atoms with Gasteiger partial charge in [-0.3, -0.25) is 4.90 Å². The summed E-state index contributed by atoms with van der Waals surface area (Å²) in [6.07, 6.45) is 1.45. The van der Waals surface area contributed by atoms with E-state index in [-0.39, 0.29) is 11.5 Å². The zero-order valence-corrected chi connectivity index (χ0v) is 14.9. The van der Waals surface area contributed by atoms with Gasteiger partial charge in [-0.15, -0.1) is 11.3 Å². The first kappa shape index (κ1) is 16.9. The largest absolute Gasteiger partial charge is 0.374 e. The molecule has 1 fully saturated rings. The number of hydrogen-bond acceptors (Lipinski definition) is 4. The number of morpholine rings is 1. The predicted molar refractivity (Wildman–Crippen MR) is 91.3 cm³/mol. The number of likely N-dealkylation sites (N-methyl/N-ethyl adjacent to an activating group) is 1. The van der Waals surface area contributed by atoms with Crippen LogP contribution in [0.3, 0.4) is 0 Å². The summed E-state index contributed by atoms with van der Waals surface area (Å²) >= 11 is 1.96. The molecule has 120 valence electrons. The van der Waals surface area contributed by atoms with Crippen LogP contribution < -0.4 is 5.32 Å². The van der Waals surface area contributed by atoms with E-state index in [1.54, 1.807) is 0 Å². The van der Waals surface area contributed by atoms with E-state index in [2.05, 4.69) is 50.0 Å². The molecule has 21 heavy (non-hydrogen) atoms. The van der Waals surface area contributed by atoms with Crippen molar-refractivity contribution in [2.45, 2.75) is 51.7 Å². The lowest BCUT2D eigenvalue weighted by molar-refractivity contribution is -0.0692. The minimum Gasteiger partial charge on any atom is -0.374 e. The molecule has 2 atom stereocenters. The molecule has 0 saturated carbocycles. The summed E-state index contributed by atoms with van der Waals surface area (Å²) < 4.78 is 6.06. The molecule has 2 rings (SSSR count). The second-order valence-electron chi connectivity index (χ2n) is 6.90. The molecule has 1 aliphatic heterocycles. The molecule has 1 aromatic rings. The van der Waals surface area contributed by atoms with Crippen LogP contribution >= 0.6 is 11.3 Å². The van der Waals surface area contributed by atoms with Crippen LogP contribution in [0.1, 0.15) is 49.9 Å². The van der Waals surface area contributed by atoms with Crippen LogP contribution in [0, 0.1) is 0 Å². The monoisotopic (exact) mass is 310 g/mol. The Kier molecular flexibility index (Phi) is 5.83. The Hall–Kier alpha value is -0.420. The van der Waals surface area contributed by atoms with Crippen LogP contribution in [0.4, 0.5) is 0 Å². The van der Waals surface area contributed by atoms with E-state index in [9.17, 15) is 0 Å². The van der Waals surface area contributed by atoms with Gasteiger partial charge in [0.25, 0.3) is 0 Å². The first-order chi connectivity index (χ1) is 9.97. The van der Waals surface area contributed by atoms with Gasteiger partial charge in [-0.25, -0.2) is 0 Å². The van der Waals surface area contributed by atoms with E-state index in [0.29, 0.717) is 6.04 Å². The van der Waals surface area contributed by atoms with Crippen molar-refractivity contribution in [2.24, 2.45) is 0 Å². The normalized spacial score (nSPS) is 24.4. The molecule has 1 aliphatic rings. The van der Waals surface area contributed by atoms with E-state index in [0.717, 1.165) is 26.2 Å². The highest BCUT2D eigenvalue weighted by atomic mass is 32.1. The predicted octanol–water partition coefficient (Wildman–Crippen LogP) is 3.42. The Bertz CT molecular complexity index is 420. The number of rotatable bonds is 5. The molecular weight excluding hydrogens is 280 g/mol. The van der Waals surface area contributed by atoms with Gasteiger partial charge in [0.05, 0.1) is 18.8 Å². The zero-order chi connectivity index (χ0) is 15.5. The van der Waals surface area contributed by atoms with E-state index in [1.807, 2.05) is 18.4 Å². The van der Waals surface area contributed by atoms with Crippen LogP contribution in [-0.4, -0.2) is 44.3 Å². The van der Waals surface area contributed by atoms with Crippen molar-refractivity contribution in [1.82, 2.24) is 10.2 Å². The Morgan fingerprint density at radius 3 is 2.71 bits per heavy atom. The summed E-state index contributed by atoms with van der Waals surface area (Å²) in [7, 11) is 2.01. The molecule has 0 bridgehead atoms. The van der Waals surface area contributed by atoms with Crippen LogP contribution in [0.25, 0.3) is 0 Å². The average Bonchev–Trinajstić information content (AvgIpc) is 2.89. The second kappa shape index (κ2) is 7.23. The number of nitrogens with zero attached hydrogens (tertiary/aromatic N) is 1. The van der Waals surface area contributed by atoms with E-state index in [1.165, 1.54) is 16.2 Å². The highest BCUT2D eigenvalue weighted by molar-refractivity contribution is 7.12. The molecule has 2 heterocycles. The fourth-order valence-electron chi connectivity index (χ4n) is 2.97. The fourth-order valence-corrected chi connectivity index (χ4v) is 4.23. The molecule has 1 saturated heterocycles. The summed E-state index contributed by atoms with van der Waals surface area (Å²) in [5.74, 6) is 0. The maximum absolute atomic E-state index is 6.06. The zero-order valence-electron chi connectivity index (χ0n) is 14.1. The van der Waals surface area contributed by atoms with Crippen molar-refractivity contribution in [3.8, 4) is 0 Å². The summed E-state index contributed by atoms with van der Waals surface area (Å²) in [6, 6.07) is 5.01. The summed E-state index contributed by atoms with van der Waals surface area (Å²) in [4.78, 5) is 5.51. The molecule has 2 unspecified atom stereocenters. The second-order valence-corrected chi connectivity index (χ2v) is 8.02. The van der Waals surface area contributed by atoms with Crippen molar-refractivity contribution in [2.75, 3.05) is 33.3 Å². The first-order valence-corrected chi connectivity index (χ1v) is 8.89. The summed E-state index contributed by atoms with van der Waals surface area (Å²) in [6.45, 7) is 13.1. The Labute approximate surface area is 133 Å². The third-order valence-electron chi connectivity index (χ3n) is 4.03. The van der Waals surface area contributed by atoms with Crippen LogP contribution in [-0.2, 0) is 10.2 Å². The molecule has 0 amide bonds. The van der Waals surface area contributed by atoms with Crippen LogP contribution in [0.15, 0.2) is 12.1 Å². The SMILES string of the molecule is CCCN1CCOC(CNC)C1c1ccc(C(C)(C)C)s1. The van der Waals surface area contributed by atoms with E-state index < -0.39 is 0 Å². The standard InChI is InChI=1S/C17H30N2OS/c1-6-9-19-10-11-20-13(12-18-5)16(19)14-7-8-15(21-14)17(2,3)4/h7-8,13,16,18H,6,9-12H2,1-5H3. The van der Waals surface area contributed by atoms with Gasteiger partial charge < -0.3 is 10.1 Å². The van der Waals surface area contributed by atoms with Gasteiger partial charge in [0.1, 0.15) is 0 Å². The lowest BCUT2D eigenvalue weighted by atomic mass is 9.95. The van der Waals surface area contributed by atoms with Crippen molar-refractivity contribution >= 4 is 11.3 Å². The topological polar surface area (TPSA) is 24.5 Å². The van der Waals surface area contributed by atoms with Gasteiger partial charge in [-0.1, -0.05) is 27.7 Å². The molecule has 0 aliphatic carbocycles. The lowest BCUT2D eigenvalue weighted by Crippen LogP contribution is -2.48. The number of thiophene rings is 1. The van der Waals surface area contributed by atoms with Crippen molar-refractivity contribution < 1.29 is 4.74 Å². The molecule has 0 spiro atoms. The van der Waals surface area contributed by atoms with E-state index in [4.69, 9.17) is 4.74 Å². The Balaban J connectivity index is 2.26. The fraction of sp³-hybridized carbons (Fsp3) is 0.765. The third-order valence-corrected chi connectivity index (χ3v) is 5.61. The Morgan fingerprint density at radius 1 is 1.38 bits per heavy atom. The van der Waals surface area contributed by atoms with Gasteiger partial charge in [0.15, 0.2) is 0 Å². The van der Waals surface area contributed by atoms with Crippen molar-refractivity contribution in [1.29, 1.82) is 0 Å². The minimum absolute atomic E-state index is 0.229. The van der Waals surface area contributed by atoms with Crippen LogP contribution in [0.5, 0.6) is 0 Å². The highest BCUT2D eigenvalue weighted by Gasteiger charge is 2.34. The molecule has 1 aromatic heterocycles. The summed E-state index contributed by atoms with van der Waals surface area (Å²) in [5, 5.41) is 3.29. The minimum atomic E-state index is 0.229. The number of nitrogens with one attached hydrogen (secondary N) is 1.